The first-order valence-corrected chi connectivity index (χ1v) is 12.1. The van der Waals surface area contributed by atoms with Gasteiger partial charge in [0.15, 0.2) is 0 Å². The van der Waals surface area contributed by atoms with Crippen molar-refractivity contribution < 1.29 is 4.90 Å². The number of thiazole rings is 1. The molecule has 4 heterocycles. The summed E-state index contributed by atoms with van der Waals surface area (Å²) in [5.41, 5.74) is 2.67. The van der Waals surface area contributed by atoms with E-state index in [9.17, 15) is 0 Å². The van der Waals surface area contributed by atoms with Gasteiger partial charge in [-0.05, 0) is 43.9 Å². The minimum Gasteiger partial charge on any atom is -0.345 e. The molecule has 148 valence electrons. The predicted molar refractivity (Wildman–Crippen MR) is 120 cm³/mol. The van der Waals surface area contributed by atoms with E-state index in [1.54, 1.807) is 9.78 Å². The van der Waals surface area contributed by atoms with Gasteiger partial charge in [-0.2, -0.15) is 0 Å². The first-order valence-electron chi connectivity index (χ1n) is 10.5. The van der Waals surface area contributed by atoms with E-state index in [2.05, 4.69) is 29.2 Å². The minimum absolute atomic E-state index is 0.900. The number of aromatic nitrogens is 3. The van der Waals surface area contributed by atoms with Crippen molar-refractivity contribution in [2.75, 3.05) is 31.1 Å². The molecule has 1 aliphatic carbocycles. The van der Waals surface area contributed by atoms with Crippen LogP contribution in [0.25, 0.3) is 20.4 Å². The van der Waals surface area contributed by atoms with Crippen LogP contribution in [0.4, 0.5) is 5.82 Å². The number of hydrogen-bond acceptors (Lipinski definition) is 6. The molecular weight excluding hydrogens is 398 g/mol. The summed E-state index contributed by atoms with van der Waals surface area (Å²) in [4.78, 5) is 21.4. The Morgan fingerprint density at radius 3 is 2.76 bits per heavy atom. The molecule has 5 nitrogen and oxygen atoms in total. The molecule has 0 amide bonds. The minimum atomic E-state index is 0.900. The van der Waals surface area contributed by atoms with E-state index in [1.807, 2.05) is 29.6 Å². The number of nitrogens with zero attached hydrogens (tertiary/aromatic N) is 4. The Morgan fingerprint density at radius 1 is 1.03 bits per heavy atom. The van der Waals surface area contributed by atoms with Crippen molar-refractivity contribution in [2.45, 2.75) is 32.7 Å². The predicted octanol–water partition coefficient (Wildman–Crippen LogP) is 3.00. The zero-order valence-corrected chi connectivity index (χ0v) is 18.2. The van der Waals surface area contributed by atoms with Crippen LogP contribution in [0.15, 0.2) is 24.3 Å². The standard InChI is InChI=1S/C22H23N5S2/c1-14-23-21(20-15-5-4-8-17(15)29-22(20)24-14)27-11-9-26(10-12-27)13-19-25-16-6-2-3-7-18(16)28-19/h2-3,6-7H,4-5,8-13H2,1H3/p+1. The van der Waals surface area contributed by atoms with Gasteiger partial charge in [0.2, 0.25) is 0 Å². The largest absolute Gasteiger partial charge is 0.345 e. The highest BCUT2D eigenvalue weighted by Crippen LogP contribution is 2.40. The third-order valence-electron chi connectivity index (χ3n) is 6.17. The zero-order chi connectivity index (χ0) is 19.4. The van der Waals surface area contributed by atoms with Crippen molar-refractivity contribution in [3.8, 4) is 0 Å². The third-order valence-corrected chi connectivity index (χ3v) is 8.39. The second-order valence-electron chi connectivity index (χ2n) is 8.12. The molecule has 1 aromatic carbocycles. The number of anilines is 1. The molecule has 29 heavy (non-hydrogen) atoms. The molecule has 0 radical (unpaired) electrons. The summed E-state index contributed by atoms with van der Waals surface area (Å²) in [6.45, 7) is 7.42. The summed E-state index contributed by atoms with van der Waals surface area (Å²) in [5, 5.41) is 2.60. The molecule has 1 fully saturated rings. The second-order valence-corrected chi connectivity index (χ2v) is 10.3. The van der Waals surface area contributed by atoms with Crippen molar-refractivity contribution in [1.82, 2.24) is 15.0 Å². The molecule has 1 saturated heterocycles. The summed E-state index contributed by atoms with van der Waals surface area (Å²) in [7, 11) is 0. The fourth-order valence-electron chi connectivity index (χ4n) is 4.73. The molecule has 6 rings (SSSR count). The van der Waals surface area contributed by atoms with Crippen molar-refractivity contribution in [2.24, 2.45) is 0 Å². The van der Waals surface area contributed by atoms with E-state index in [4.69, 9.17) is 15.0 Å². The average molecular weight is 423 g/mol. The van der Waals surface area contributed by atoms with E-state index in [1.165, 1.54) is 50.6 Å². The summed E-state index contributed by atoms with van der Waals surface area (Å²) in [6, 6.07) is 8.46. The number of piperazine rings is 1. The third kappa shape index (κ3) is 3.12. The number of nitrogens with one attached hydrogen (secondary N) is 1. The number of aryl methyl sites for hydroxylation is 3. The molecule has 7 heteroatoms. The number of thiophene rings is 1. The van der Waals surface area contributed by atoms with Crippen molar-refractivity contribution in [3.63, 3.8) is 0 Å². The lowest BCUT2D eigenvalue weighted by molar-refractivity contribution is -0.914. The number of para-hydroxylation sites is 1. The molecule has 2 aliphatic rings. The molecule has 0 spiro atoms. The fourth-order valence-corrected chi connectivity index (χ4v) is 7.07. The fraction of sp³-hybridized carbons (Fsp3) is 0.409. The van der Waals surface area contributed by atoms with E-state index in [0.29, 0.717) is 0 Å². The number of benzene rings is 1. The summed E-state index contributed by atoms with van der Waals surface area (Å²) in [5.74, 6) is 2.09. The Hall–Kier alpha value is -2.09. The molecular formula is C22H24N5S2+. The van der Waals surface area contributed by atoms with Crippen molar-refractivity contribution in [1.29, 1.82) is 0 Å². The normalized spacial score (nSPS) is 17.5. The van der Waals surface area contributed by atoms with Gasteiger partial charge < -0.3 is 9.80 Å². The summed E-state index contributed by atoms with van der Waals surface area (Å²) in [6.07, 6.45) is 3.69. The maximum atomic E-state index is 4.91. The number of quaternary nitrogens is 1. The highest BCUT2D eigenvalue weighted by molar-refractivity contribution is 7.19. The topological polar surface area (TPSA) is 46.4 Å². The Morgan fingerprint density at radius 2 is 1.90 bits per heavy atom. The molecule has 0 unspecified atom stereocenters. The van der Waals surface area contributed by atoms with Crippen LogP contribution in [0.1, 0.15) is 27.7 Å². The van der Waals surface area contributed by atoms with E-state index in [0.717, 1.165) is 44.1 Å². The first kappa shape index (κ1) is 17.7. The van der Waals surface area contributed by atoms with E-state index < -0.39 is 0 Å². The first-order chi connectivity index (χ1) is 14.2. The van der Waals surface area contributed by atoms with Crippen molar-refractivity contribution in [3.05, 3.63) is 45.5 Å². The average Bonchev–Trinajstić information content (AvgIpc) is 3.41. The number of hydrogen-bond donors (Lipinski definition) is 1. The van der Waals surface area contributed by atoms with Gasteiger partial charge in [0.1, 0.15) is 28.0 Å². The zero-order valence-electron chi connectivity index (χ0n) is 16.6. The lowest BCUT2D eigenvalue weighted by Crippen LogP contribution is -3.13. The Kier molecular flexibility index (Phi) is 4.29. The van der Waals surface area contributed by atoms with Gasteiger partial charge in [0, 0.05) is 4.88 Å². The number of fused-ring (bicyclic) bond motifs is 4. The lowest BCUT2D eigenvalue weighted by atomic mass is 10.1. The van der Waals surface area contributed by atoms with Crippen LogP contribution in [0.2, 0.25) is 0 Å². The van der Waals surface area contributed by atoms with Gasteiger partial charge in [0.25, 0.3) is 0 Å². The molecule has 3 aromatic heterocycles. The summed E-state index contributed by atoms with van der Waals surface area (Å²) >= 11 is 3.73. The smallest absolute Gasteiger partial charge is 0.148 e. The maximum Gasteiger partial charge on any atom is 0.148 e. The van der Waals surface area contributed by atoms with Gasteiger partial charge in [-0.15, -0.1) is 22.7 Å². The van der Waals surface area contributed by atoms with Crippen LogP contribution in [0, 0.1) is 6.92 Å². The summed E-state index contributed by atoms with van der Waals surface area (Å²) < 4.78 is 1.30. The lowest BCUT2D eigenvalue weighted by Gasteiger charge is -2.33. The van der Waals surface area contributed by atoms with Crippen LogP contribution >= 0.6 is 22.7 Å². The highest BCUT2D eigenvalue weighted by Gasteiger charge is 2.28. The Bertz CT molecular complexity index is 1170. The molecule has 0 saturated carbocycles. The van der Waals surface area contributed by atoms with Crippen LogP contribution in [0.5, 0.6) is 0 Å². The van der Waals surface area contributed by atoms with Gasteiger partial charge in [-0.1, -0.05) is 12.1 Å². The maximum absolute atomic E-state index is 4.91. The van der Waals surface area contributed by atoms with Gasteiger partial charge in [0.05, 0.1) is 41.8 Å². The van der Waals surface area contributed by atoms with Gasteiger partial charge in [-0.25, -0.2) is 15.0 Å². The van der Waals surface area contributed by atoms with Crippen LogP contribution in [-0.2, 0) is 19.4 Å². The van der Waals surface area contributed by atoms with Gasteiger partial charge in [-0.3, -0.25) is 0 Å². The Balaban J connectivity index is 1.22. The molecule has 1 N–H and O–H groups in total. The quantitative estimate of drug-likeness (QED) is 0.551. The second kappa shape index (κ2) is 7.00. The van der Waals surface area contributed by atoms with Crippen LogP contribution in [-0.4, -0.2) is 41.1 Å². The van der Waals surface area contributed by atoms with Crippen LogP contribution < -0.4 is 9.80 Å². The molecule has 4 aromatic rings. The van der Waals surface area contributed by atoms with Gasteiger partial charge >= 0.3 is 0 Å². The monoisotopic (exact) mass is 422 g/mol. The molecule has 0 bridgehead atoms. The Labute approximate surface area is 178 Å². The SMILES string of the molecule is Cc1nc(N2CC[NH+](Cc3nc4ccccc4s3)CC2)c2c3c(sc2n1)CCC3. The highest BCUT2D eigenvalue weighted by atomic mass is 32.1. The van der Waals surface area contributed by atoms with E-state index >= 15 is 0 Å². The van der Waals surface area contributed by atoms with E-state index in [-0.39, 0.29) is 0 Å². The molecule has 1 aliphatic heterocycles. The van der Waals surface area contributed by atoms with Crippen molar-refractivity contribution >= 4 is 48.9 Å². The number of rotatable bonds is 3. The molecule has 0 atom stereocenters. The van der Waals surface area contributed by atoms with Crippen LogP contribution in [0.3, 0.4) is 0 Å².